The molecule has 0 radical (unpaired) electrons. The summed E-state index contributed by atoms with van der Waals surface area (Å²) in [5.74, 6) is 0.117. The van der Waals surface area contributed by atoms with Gasteiger partial charge in [-0.3, -0.25) is 9.78 Å². The first-order valence-corrected chi connectivity index (χ1v) is 7.58. The Hall–Kier alpha value is -1.42. The molecule has 1 aliphatic carbocycles. The Bertz CT molecular complexity index is 514. The highest BCUT2D eigenvalue weighted by Gasteiger charge is 2.27. The molecule has 0 aromatic carbocycles. The Morgan fingerprint density at radius 3 is 2.95 bits per heavy atom. The zero-order valence-corrected chi connectivity index (χ0v) is 12.4. The van der Waals surface area contributed by atoms with Crippen molar-refractivity contribution in [1.82, 2.24) is 14.8 Å². The van der Waals surface area contributed by atoms with Gasteiger partial charge in [-0.25, -0.2) is 0 Å². The van der Waals surface area contributed by atoms with Crippen molar-refractivity contribution in [2.45, 2.75) is 38.1 Å². The molecule has 0 N–H and O–H groups in total. The van der Waals surface area contributed by atoms with Crippen LogP contribution in [-0.2, 0) is 12.8 Å². The van der Waals surface area contributed by atoms with Gasteiger partial charge in [0.15, 0.2) is 0 Å². The zero-order valence-electron chi connectivity index (χ0n) is 12.4. The first kappa shape index (κ1) is 13.6. The van der Waals surface area contributed by atoms with Crippen molar-refractivity contribution in [3.63, 3.8) is 0 Å². The van der Waals surface area contributed by atoms with Crippen molar-refractivity contribution in [3.05, 3.63) is 29.1 Å². The van der Waals surface area contributed by atoms with Crippen LogP contribution in [0.3, 0.4) is 0 Å². The number of amides is 1. The van der Waals surface area contributed by atoms with E-state index in [1.165, 1.54) is 24.1 Å². The lowest BCUT2D eigenvalue weighted by Crippen LogP contribution is -2.38. The van der Waals surface area contributed by atoms with E-state index in [9.17, 15) is 4.79 Å². The number of hydrogen-bond acceptors (Lipinski definition) is 3. The fourth-order valence-corrected chi connectivity index (χ4v) is 3.30. The number of hydrogen-bond donors (Lipinski definition) is 0. The van der Waals surface area contributed by atoms with Gasteiger partial charge in [0.25, 0.3) is 5.91 Å². The number of likely N-dealkylation sites (tertiary alicyclic amines) is 1. The van der Waals surface area contributed by atoms with Gasteiger partial charge in [0.2, 0.25) is 0 Å². The molecular weight excluding hydrogens is 250 g/mol. The minimum absolute atomic E-state index is 0.117. The van der Waals surface area contributed by atoms with Crippen LogP contribution in [0.5, 0.6) is 0 Å². The van der Waals surface area contributed by atoms with E-state index in [0.29, 0.717) is 6.04 Å². The minimum atomic E-state index is 0.117. The number of likely N-dealkylation sites (N-methyl/N-ethyl adjacent to an activating group) is 2. The molecule has 1 aromatic heterocycles. The van der Waals surface area contributed by atoms with Crippen molar-refractivity contribution >= 4 is 5.91 Å². The highest BCUT2D eigenvalue weighted by atomic mass is 16.2. The number of nitrogens with zero attached hydrogens (tertiary/aromatic N) is 3. The van der Waals surface area contributed by atoms with E-state index >= 15 is 0 Å². The quantitative estimate of drug-likeness (QED) is 0.823. The number of aryl methyl sites for hydroxylation is 2. The number of carbonyl (C=O) groups excluding carboxylic acids is 1. The average Bonchev–Trinajstić information content (AvgIpc) is 2.92. The monoisotopic (exact) mass is 273 g/mol. The molecule has 4 nitrogen and oxygen atoms in total. The lowest BCUT2D eigenvalue weighted by Gasteiger charge is -2.25. The Labute approximate surface area is 120 Å². The first-order valence-electron chi connectivity index (χ1n) is 7.58. The van der Waals surface area contributed by atoms with Crippen molar-refractivity contribution in [2.75, 3.05) is 27.2 Å². The van der Waals surface area contributed by atoms with Crippen LogP contribution in [0.15, 0.2) is 12.3 Å². The number of fused-ring (bicyclic) bond motifs is 1. The summed E-state index contributed by atoms with van der Waals surface area (Å²) in [5.41, 5.74) is 3.22. The summed E-state index contributed by atoms with van der Waals surface area (Å²) in [6.45, 7) is 2.05. The van der Waals surface area contributed by atoms with E-state index in [1.54, 1.807) is 6.20 Å². The van der Waals surface area contributed by atoms with Gasteiger partial charge in [0.1, 0.15) is 0 Å². The molecule has 2 heterocycles. The molecule has 0 bridgehead atoms. The molecule has 1 aliphatic heterocycles. The fraction of sp³-hybridized carbons (Fsp3) is 0.625. The Kier molecular flexibility index (Phi) is 3.74. The molecule has 108 valence electrons. The number of aromatic nitrogens is 1. The number of carbonyl (C=O) groups is 1. The molecule has 1 fully saturated rings. The van der Waals surface area contributed by atoms with Crippen LogP contribution in [0.25, 0.3) is 0 Å². The van der Waals surface area contributed by atoms with Gasteiger partial charge >= 0.3 is 0 Å². The molecule has 1 aromatic rings. The fourth-order valence-electron chi connectivity index (χ4n) is 3.30. The topological polar surface area (TPSA) is 36.4 Å². The minimum Gasteiger partial charge on any atom is -0.337 e. The highest BCUT2D eigenvalue weighted by molar-refractivity contribution is 5.94. The highest BCUT2D eigenvalue weighted by Crippen LogP contribution is 2.21. The van der Waals surface area contributed by atoms with Gasteiger partial charge in [-0.05, 0) is 57.3 Å². The summed E-state index contributed by atoms with van der Waals surface area (Å²) in [7, 11) is 4.03. The molecule has 3 rings (SSSR count). The number of pyridine rings is 1. The average molecular weight is 273 g/mol. The van der Waals surface area contributed by atoms with Gasteiger partial charge in [0.05, 0.1) is 5.56 Å². The van der Waals surface area contributed by atoms with Crippen LogP contribution in [0.1, 0.15) is 40.9 Å². The zero-order chi connectivity index (χ0) is 14.1. The maximum Gasteiger partial charge on any atom is 0.255 e. The predicted octanol–water partition coefficient (Wildman–Crippen LogP) is 1.74. The summed E-state index contributed by atoms with van der Waals surface area (Å²) in [4.78, 5) is 21.3. The van der Waals surface area contributed by atoms with Crippen molar-refractivity contribution in [3.8, 4) is 0 Å². The summed E-state index contributed by atoms with van der Waals surface area (Å²) in [5, 5.41) is 0. The second-order valence-electron chi connectivity index (χ2n) is 6.16. The molecule has 1 atom stereocenters. The largest absolute Gasteiger partial charge is 0.337 e. The molecule has 0 unspecified atom stereocenters. The third kappa shape index (κ3) is 2.57. The van der Waals surface area contributed by atoms with Gasteiger partial charge < -0.3 is 9.80 Å². The molecule has 0 spiro atoms. The van der Waals surface area contributed by atoms with E-state index in [4.69, 9.17) is 0 Å². The van der Waals surface area contributed by atoms with Crippen LogP contribution in [-0.4, -0.2) is 53.9 Å². The molecule has 1 amide bonds. The van der Waals surface area contributed by atoms with Gasteiger partial charge in [-0.15, -0.1) is 0 Å². The summed E-state index contributed by atoms with van der Waals surface area (Å²) in [6.07, 6.45) is 7.41. The Balaban J connectivity index is 1.76. The molecule has 1 saturated heterocycles. The third-order valence-electron chi connectivity index (χ3n) is 4.65. The van der Waals surface area contributed by atoms with Gasteiger partial charge in [-0.2, -0.15) is 0 Å². The van der Waals surface area contributed by atoms with Gasteiger partial charge in [-0.1, -0.05) is 0 Å². The normalized spacial score (nSPS) is 22.6. The summed E-state index contributed by atoms with van der Waals surface area (Å²) >= 11 is 0. The molecule has 4 heteroatoms. The van der Waals surface area contributed by atoms with E-state index in [-0.39, 0.29) is 5.91 Å². The SMILES string of the molecule is CN1CC[C@H](N(C)C(=O)c2cnc3c(c2)CCCC3)C1. The Morgan fingerprint density at radius 1 is 1.40 bits per heavy atom. The first-order chi connectivity index (χ1) is 9.65. The van der Waals surface area contributed by atoms with Crippen LogP contribution in [0.2, 0.25) is 0 Å². The van der Waals surface area contributed by atoms with Gasteiger partial charge in [0, 0.05) is 31.5 Å². The lowest BCUT2D eigenvalue weighted by atomic mass is 9.95. The molecule has 0 saturated carbocycles. The predicted molar refractivity (Wildman–Crippen MR) is 78.9 cm³/mol. The third-order valence-corrected chi connectivity index (χ3v) is 4.65. The molecular formula is C16H23N3O. The summed E-state index contributed by atoms with van der Waals surface area (Å²) < 4.78 is 0. The molecule has 2 aliphatic rings. The standard InChI is InChI=1S/C16H23N3O/c1-18-8-7-14(11-18)19(2)16(20)13-9-12-5-3-4-6-15(12)17-10-13/h9-10,14H,3-8,11H2,1-2H3/t14-/m0/s1. The molecule has 20 heavy (non-hydrogen) atoms. The van der Waals surface area contributed by atoms with E-state index in [2.05, 4.69) is 23.0 Å². The van der Waals surface area contributed by atoms with Crippen molar-refractivity contribution < 1.29 is 4.79 Å². The number of rotatable bonds is 2. The van der Waals surface area contributed by atoms with E-state index in [0.717, 1.165) is 37.9 Å². The smallest absolute Gasteiger partial charge is 0.255 e. The Morgan fingerprint density at radius 2 is 2.20 bits per heavy atom. The van der Waals surface area contributed by atoms with Crippen LogP contribution < -0.4 is 0 Å². The van der Waals surface area contributed by atoms with Crippen molar-refractivity contribution in [2.24, 2.45) is 0 Å². The van der Waals surface area contributed by atoms with Crippen molar-refractivity contribution in [1.29, 1.82) is 0 Å². The maximum atomic E-state index is 12.6. The van der Waals surface area contributed by atoms with Crippen LogP contribution >= 0.6 is 0 Å². The van der Waals surface area contributed by atoms with Crippen LogP contribution in [0.4, 0.5) is 0 Å². The second-order valence-corrected chi connectivity index (χ2v) is 6.16. The maximum absolute atomic E-state index is 12.6. The van der Waals surface area contributed by atoms with E-state index < -0.39 is 0 Å². The summed E-state index contributed by atoms with van der Waals surface area (Å²) in [6, 6.07) is 2.41. The lowest BCUT2D eigenvalue weighted by molar-refractivity contribution is 0.0737. The van der Waals surface area contributed by atoms with E-state index in [1.807, 2.05) is 11.9 Å². The van der Waals surface area contributed by atoms with Crippen LogP contribution in [0, 0.1) is 0 Å². The second kappa shape index (κ2) is 5.52.